The summed E-state index contributed by atoms with van der Waals surface area (Å²) < 4.78 is 24.6. The molecule has 0 bridgehead atoms. The van der Waals surface area contributed by atoms with Crippen LogP contribution in [0.15, 0.2) is 63.5 Å². The number of rotatable bonds is 11. The van der Waals surface area contributed by atoms with Gasteiger partial charge in [0.2, 0.25) is 0 Å². The number of benzene rings is 2. The van der Waals surface area contributed by atoms with E-state index in [1.807, 2.05) is 69.3 Å². The summed E-state index contributed by atoms with van der Waals surface area (Å²) in [6.07, 6.45) is 2.70. The Labute approximate surface area is 231 Å². The second-order valence-electron chi connectivity index (χ2n) is 8.79. The maximum atomic E-state index is 13.8. The first kappa shape index (κ1) is 28.2. The number of aromatic nitrogens is 1. The van der Waals surface area contributed by atoms with E-state index in [1.165, 1.54) is 11.3 Å². The van der Waals surface area contributed by atoms with E-state index in [0.29, 0.717) is 57.7 Å². The molecule has 0 saturated heterocycles. The maximum Gasteiger partial charge on any atom is 0.338 e. The van der Waals surface area contributed by atoms with Crippen LogP contribution in [0.3, 0.4) is 0 Å². The van der Waals surface area contributed by atoms with E-state index in [9.17, 15) is 9.59 Å². The van der Waals surface area contributed by atoms with Crippen molar-refractivity contribution in [2.75, 3.05) is 26.4 Å². The first-order valence-electron chi connectivity index (χ1n) is 13.2. The molecule has 2 aromatic carbocycles. The van der Waals surface area contributed by atoms with Crippen LogP contribution < -0.4 is 29.1 Å². The van der Waals surface area contributed by atoms with Gasteiger partial charge in [-0.05, 0) is 75.6 Å². The van der Waals surface area contributed by atoms with Crippen LogP contribution in [-0.4, -0.2) is 37.0 Å². The van der Waals surface area contributed by atoms with Gasteiger partial charge in [-0.1, -0.05) is 36.5 Å². The molecule has 1 atom stereocenters. The van der Waals surface area contributed by atoms with Gasteiger partial charge in [0.15, 0.2) is 16.3 Å². The molecule has 39 heavy (non-hydrogen) atoms. The van der Waals surface area contributed by atoms with Crippen molar-refractivity contribution in [1.29, 1.82) is 0 Å². The average molecular weight is 551 g/mol. The minimum absolute atomic E-state index is 0.218. The van der Waals surface area contributed by atoms with Gasteiger partial charge >= 0.3 is 5.97 Å². The molecule has 0 unspecified atom stereocenters. The Morgan fingerprint density at radius 1 is 0.974 bits per heavy atom. The predicted octanol–water partition coefficient (Wildman–Crippen LogP) is 4.38. The second kappa shape index (κ2) is 12.8. The molecule has 0 spiro atoms. The Hall–Kier alpha value is -3.85. The molecule has 0 aliphatic carbocycles. The highest BCUT2D eigenvalue weighted by Crippen LogP contribution is 2.32. The minimum atomic E-state index is -0.679. The summed E-state index contributed by atoms with van der Waals surface area (Å²) in [4.78, 5) is 32.1. The van der Waals surface area contributed by atoms with Gasteiger partial charge in [0.05, 0.1) is 48.3 Å². The molecule has 1 aromatic heterocycles. The highest BCUT2D eigenvalue weighted by atomic mass is 32.1. The lowest BCUT2D eigenvalue weighted by Gasteiger charge is -2.24. The monoisotopic (exact) mass is 550 g/mol. The Kier molecular flexibility index (Phi) is 9.24. The Morgan fingerprint density at radius 3 is 2.38 bits per heavy atom. The van der Waals surface area contributed by atoms with Crippen LogP contribution in [0.25, 0.3) is 6.08 Å². The zero-order chi connectivity index (χ0) is 27.9. The van der Waals surface area contributed by atoms with E-state index < -0.39 is 12.0 Å². The van der Waals surface area contributed by atoms with Gasteiger partial charge in [0, 0.05) is 0 Å². The van der Waals surface area contributed by atoms with Gasteiger partial charge in [-0.25, -0.2) is 9.79 Å². The lowest BCUT2D eigenvalue weighted by Crippen LogP contribution is -2.39. The van der Waals surface area contributed by atoms with Gasteiger partial charge in [-0.2, -0.15) is 0 Å². The largest absolute Gasteiger partial charge is 0.494 e. The van der Waals surface area contributed by atoms with E-state index in [2.05, 4.69) is 4.99 Å². The molecule has 4 rings (SSSR count). The van der Waals surface area contributed by atoms with Crippen molar-refractivity contribution < 1.29 is 23.7 Å². The summed E-state index contributed by atoms with van der Waals surface area (Å²) in [5, 5.41) is 0. The smallest absolute Gasteiger partial charge is 0.338 e. The van der Waals surface area contributed by atoms with Crippen LogP contribution in [0.5, 0.6) is 17.2 Å². The Balaban J connectivity index is 1.84. The number of nitrogens with zero attached hydrogens (tertiary/aromatic N) is 2. The Morgan fingerprint density at radius 2 is 1.72 bits per heavy atom. The molecule has 2 heterocycles. The molecule has 0 fully saturated rings. The van der Waals surface area contributed by atoms with Crippen molar-refractivity contribution in [2.45, 2.75) is 47.1 Å². The molecule has 0 saturated carbocycles. The van der Waals surface area contributed by atoms with Crippen LogP contribution >= 0.6 is 11.3 Å². The van der Waals surface area contributed by atoms with E-state index in [4.69, 9.17) is 18.9 Å². The fraction of sp³-hybridized carbons (Fsp3) is 0.367. The molecule has 1 aliphatic heterocycles. The van der Waals surface area contributed by atoms with Crippen molar-refractivity contribution in [3.05, 3.63) is 84.5 Å². The van der Waals surface area contributed by atoms with E-state index >= 15 is 0 Å². The van der Waals surface area contributed by atoms with Gasteiger partial charge in [-0.3, -0.25) is 9.36 Å². The zero-order valence-corrected chi connectivity index (χ0v) is 23.8. The van der Waals surface area contributed by atoms with Crippen LogP contribution in [0.2, 0.25) is 0 Å². The number of hydrogen-bond acceptors (Lipinski definition) is 8. The van der Waals surface area contributed by atoms with E-state index in [0.717, 1.165) is 17.5 Å². The second-order valence-corrected chi connectivity index (χ2v) is 9.80. The van der Waals surface area contributed by atoms with Crippen molar-refractivity contribution in [3.8, 4) is 17.2 Å². The van der Waals surface area contributed by atoms with Crippen molar-refractivity contribution in [1.82, 2.24) is 4.57 Å². The molecular formula is C30H34N2O6S. The van der Waals surface area contributed by atoms with E-state index in [-0.39, 0.29) is 12.2 Å². The van der Waals surface area contributed by atoms with Gasteiger partial charge in [0.25, 0.3) is 5.56 Å². The molecular weight excluding hydrogens is 516 g/mol. The molecule has 8 nitrogen and oxygen atoms in total. The van der Waals surface area contributed by atoms with Crippen molar-refractivity contribution >= 4 is 23.4 Å². The van der Waals surface area contributed by atoms with Gasteiger partial charge < -0.3 is 18.9 Å². The number of hydrogen-bond donors (Lipinski definition) is 0. The summed E-state index contributed by atoms with van der Waals surface area (Å²) in [6, 6.07) is 12.4. The van der Waals surface area contributed by atoms with Crippen LogP contribution in [0.1, 0.15) is 58.2 Å². The average Bonchev–Trinajstić information content (AvgIpc) is 3.22. The SMILES string of the molecule is CCCOc1ccc(/C=c2/sc3n(c2=O)[C@@H](c2ccc(OCC)cc2)C(C(=O)OCC)=C(C)N=3)cc1OCC. The van der Waals surface area contributed by atoms with Gasteiger partial charge in [0.1, 0.15) is 5.75 Å². The molecule has 3 aromatic rings. The summed E-state index contributed by atoms with van der Waals surface area (Å²) in [5.41, 5.74) is 2.19. The summed E-state index contributed by atoms with van der Waals surface area (Å²) in [5.74, 6) is 1.52. The van der Waals surface area contributed by atoms with Crippen molar-refractivity contribution in [3.63, 3.8) is 0 Å². The van der Waals surface area contributed by atoms with Gasteiger partial charge in [-0.15, -0.1) is 0 Å². The summed E-state index contributed by atoms with van der Waals surface area (Å²) in [7, 11) is 0. The normalized spacial score (nSPS) is 15.0. The molecule has 0 N–H and O–H groups in total. The summed E-state index contributed by atoms with van der Waals surface area (Å²) in [6.45, 7) is 11.2. The molecule has 0 amide bonds. The number of allylic oxidation sites excluding steroid dienone is 1. The molecule has 206 valence electrons. The van der Waals surface area contributed by atoms with Crippen LogP contribution in [0, 0.1) is 0 Å². The highest BCUT2D eigenvalue weighted by molar-refractivity contribution is 7.07. The highest BCUT2D eigenvalue weighted by Gasteiger charge is 2.33. The third-order valence-electron chi connectivity index (χ3n) is 6.05. The van der Waals surface area contributed by atoms with E-state index in [1.54, 1.807) is 18.4 Å². The molecule has 9 heteroatoms. The first-order chi connectivity index (χ1) is 18.9. The fourth-order valence-corrected chi connectivity index (χ4v) is 5.43. The minimum Gasteiger partial charge on any atom is -0.494 e. The maximum absolute atomic E-state index is 13.8. The third-order valence-corrected chi connectivity index (χ3v) is 7.03. The predicted molar refractivity (Wildman–Crippen MR) is 151 cm³/mol. The number of ether oxygens (including phenoxy) is 4. The molecule has 0 radical (unpaired) electrons. The summed E-state index contributed by atoms with van der Waals surface area (Å²) >= 11 is 1.28. The zero-order valence-electron chi connectivity index (χ0n) is 23.0. The number of fused-ring (bicyclic) bond motifs is 1. The third kappa shape index (κ3) is 6.09. The number of carbonyl (C=O) groups excluding carboxylic acids is 1. The quantitative estimate of drug-likeness (QED) is 0.329. The lowest BCUT2D eigenvalue weighted by atomic mass is 9.96. The standard InChI is InChI=1S/C30H34N2O6S/c1-6-16-38-23-15-10-20(17-24(23)36-8-3)18-25-28(33)32-27(21-11-13-22(14-12-21)35-7-2)26(29(34)37-9-4)19(5)31-30(32)39-25/h10-15,17-18,27H,6-9,16H2,1-5H3/b25-18+/t27-/m0/s1. The Bertz CT molecular complexity index is 1530. The van der Waals surface area contributed by atoms with Crippen molar-refractivity contribution in [2.24, 2.45) is 4.99 Å². The number of esters is 1. The number of thiazole rings is 1. The van der Waals surface area contributed by atoms with Crippen LogP contribution in [0.4, 0.5) is 0 Å². The van der Waals surface area contributed by atoms with Crippen LogP contribution in [-0.2, 0) is 9.53 Å². The number of carbonyl (C=O) groups is 1. The fourth-order valence-electron chi connectivity index (χ4n) is 4.39. The topological polar surface area (TPSA) is 88.4 Å². The molecule has 1 aliphatic rings. The first-order valence-corrected chi connectivity index (χ1v) is 14.0. The lowest BCUT2D eigenvalue weighted by molar-refractivity contribution is -0.139.